The number of amides is 1. The number of fused-ring (bicyclic) bond motifs is 1. The topological polar surface area (TPSA) is 55.4 Å². The van der Waals surface area contributed by atoms with Gasteiger partial charge in [-0.3, -0.25) is 4.79 Å². The van der Waals surface area contributed by atoms with Crippen molar-refractivity contribution in [3.05, 3.63) is 76.8 Å². The summed E-state index contributed by atoms with van der Waals surface area (Å²) in [7, 11) is 0. The molecule has 3 rings (SSSR count). The van der Waals surface area contributed by atoms with E-state index in [1.807, 2.05) is 24.3 Å². The molecular weight excluding hydrogens is 395 g/mol. The van der Waals surface area contributed by atoms with Crippen molar-refractivity contribution in [3.63, 3.8) is 0 Å². The van der Waals surface area contributed by atoms with Gasteiger partial charge in [0.25, 0.3) is 5.91 Å². The van der Waals surface area contributed by atoms with Crippen molar-refractivity contribution < 1.29 is 27.5 Å². The first kappa shape index (κ1) is 19.7. The highest BCUT2D eigenvalue weighted by Crippen LogP contribution is 2.33. The van der Waals surface area contributed by atoms with Gasteiger partial charge in [0, 0.05) is 0 Å². The lowest BCUT2D eigenvalue weighted by molar-refractivity contribution is -0.137. The maximum Gasteiger partial charge on any atom is 0.416 e. The molecule has 1 N–H and O–H groups in total. The highest BCUT2D eigenvalue weighted by molar-refractivity contribution is 6.33. The monoisotopic (exact) mass is 407 g/mol. The lowest BCUT2D eigenvalue weighted by Gasteiger charge is -2.12. The minimum absolute atomic E-state index is 0.0674. The van der Waals surface area contributed by atoms with Gasteiger partial charge in [-0.1, -0.05) is 41.9 Å². The van der Waals surface area contributed by atoms with Crippen LogP contribution in [-0.2, 0) is 15.7 Å². The van der Waals surface area contributed by atoms with Crippen molar-refractivity contribution in [1.29, 1.82) is 0 Å². The molecule has 3 aromatic rings. The van der Waals surface area contributed by atoms with Crippen molar-refractivity contribution in [2.45, 2.75) is 6.18 Å². The second-order valence-electron chi connectivity index (χ2n) is 5.88. The van der Waals surface area contributed by atoms with Gasteiger partial charge in [0.15, 0.2) is 6.61 Å². The Morgan fingerprint density at radius 3 is 2.39 bits per heavy atom. The van der Waals surface area contributed by atoms with Gasteiger partial charge in [-0.05, 0) is 41.1 Å². The van der Waals surface area contributed by atoms with Gasteiger partial charge in [0.2, 0.25) is 0 Å². The Balaban J connectivity index is 1.64. The van der Waals surface area contributed by atoms with Crippen LogP contribution in [0.15, 0.2) is 60.7 Å². The number of hydrogen-bond donors (Lipinski definition) is 1. The van der Waals surface area contributed by atoms with Crippen LogP contribution in [0, 0.1) is 0 Å². The number of alkyl halides is 3. The van der Waals surface area contributed by atoms with Crippen molar-refractivity contribution >= 4 is 39.9 Å². The van der Waals surface area contributed by atoms with Gasteiger partial charge in [-0.15, -0.1) is 0 Å². The third-order valence-electron chi connectivity index (χ3n) is 3.89. The molecule has 0 atom stereocenters. The lowest BCUT2D eigenvalue weighted by atomic mass is 10.1. The molecule has 1 amide bonds. The van der Waals surface area contributed by atoms with Gasteiger partial charge in [-0.25, -0.2) is 4.79 Å². The Labute approximate surface area is 162 Å². The molecule has 0 saturated carbocycles. The number of halogens is 4. The van der Waals surface area contributed by atoms with Gasteiger partial charge in [0.05, 0.1) is 21.8 Å². The molecule has 0 heterocycles. The Morgan fingerprint density at radius 2 is 1.68 bits per heavy atom. The summed E-state index contributed by atoms with van der Waals surface area (Å²) in [4.78, 5) is 24.1. The second kappa shape index (κ2) is 7.90. The quantitative estimate of drug-likeness (QED) is 0.596. The van der Waals surface area contributed by atoms with Crippen LogP contribution in [-0.4, -0.2) is 18.5 Å². The van der Waals surface area contributed by atoms with Crippen LogP contribution < -0.4 is 5.32 Å². The first-order valence-corrected chi connectivity index (χ1v) is 8.44. The molecule has 0 saturated heterocycles. The predicted molar refractivity (Wildman–Crippen MR) is 99.3 cm³/mol. The number of rotatable bonds is 4. The number of carbonyl (C=O) groups excluding carboxylic acids is 2. The Kier molecular flexibility index (Phi) is 5.56. The van der Waals surface area contributed by atoms with Crippen LogP contribution >= 0.6 is 11.6 Å². The Morgan fingerprint density at radius 1 is 0.964 bits per heavy atom. The van der Waals surface area contributed by atoms with Crippen LogP contribution in [0.3, 0.4) is 0 Å². The molecule has 0 aliphatic carbocycles. The Bertz CT molecular complexity index is 1050. The molecule has 0 fully saturated rings. The van der Waals surface area contributed by atoms with Crippen molar-refractivity contribution in [2.24, 2.45) is 0 Å². The smallest absolute Gasteiger partial charge is 0.416 e. The van der Waals surface area contributed by atoms with Crippen molar-refractivity contribution in [1.82, 2.24) is 0 Å². The second-order valence-corrected chi connectivity index (χ2v) is 6.29. The maximum absolute atomic E-state index is 12.8. The van der Waals surface area contributed by atoms with E-state index in [9.17, 15) is 22.8 Å². The largest absolute Gasteiger partial charge is 0.452 e. The molecule has 0 aliphatic rings. The molecule has 0 aliphatic heterocycles. The molecule has 28 heavy (non-hydrogen) atoms. The number of esters is 1. The molecule has 0 radical (unpaired) electrons. The van der Waals surface area contributed by atoms with Gasteiger partial charge in [0.1, 0.15) is 0 Å². The van der Waals surface area contributed by atoms with E-state index in [0.29, 0.717) is 6.07 Å². The third-order valence-corrected chi connectivity index (χ3v) is 4.22. The molecular formula is C20H13ClF3NO3. The highest BCUT2D eigenvalue weighted by Gasteiger charge is 2.31. The number of carbonyl (C=O) groups is 2. The normalized spacial score (nSPS) is 11.3. The third kappa shape index (κ3) is 4.61. The van der Waals surface area contributed by atoms with Crippen LogP contribution in [0.2, 0.25) is 5.02 Å². The first-order chi connectivity index (χ1) is 13.2. The number of hydrogen-bond acceptors (Lipinski definition) is 3. The van der Waals surface area contributed by atoms with E-state index in [0.717, 1.165) is 22.9 Å². The van der Waals surface area contributed by atoms with Gasteiger partial charge >= 0.3 is 12.1 Å². The molecule has 0 unspecified atom stereocenters. The van der Waals surface area contributed by atoms with E-state index in [4.69, 9.17) is 16.3 Å². The summed E-state index contributed by atoms with van der Waals surface area (Å²) in [5.74, 6) is -1.54. The molecule has 4 nitrogen and oxygen atoms in total. The molecule has 0 spiro atoms. The maximum atomic E-state index is 12.8. The highest BCUT2D eigenvalue weighted by atomic mass is 35.5. The fourth-order valence-electron chi connectivity index (χ4n) is 2.51. The predicted octanol–water partition coefficient (Wildman–Crippen LogP) is 5.31. The van der Waals surface area contributed by atoms with Crippen LogP contribution in [0.1, 0.15) is 15.9 Å². The average molecular weight is 408 g/mol. The number of benzene rings is 3. The van der Waals surface area contributed by atoms with E-state index in [1.54, 1.807) is 18.2 Å². The number of nitrogens with one attached hydrogen (secondary N) is 1. The summed E-state index contributed by atoms with van der Waals surface area (Å²) in [6.07, 6.45) is -4.58. The zero-order valence-electron chi connectivity index (χ0n) is 14.2. The SMILES string of the molecule is O=C(COC(=O)c1ccc2ccccc2c1)Nc1cc(C(F)(F)F)ccc1Cl. The van der Waals surface area contributed by atoms with E-state index in [2.05, 4.69) is 5.32 Å². The minimum Gasteiger partial charge on any atom is -0.452 e. The fourth-order valence-corrected chi connectivity index (χ4v) is 2.68. The number of anilines is 1. The standard InChI is InChI=1S/C20H13ClF3NO3/c21-16-8-7-15(20(22,23)24)10-17(16)25-18(26)11-28-19(27)14-6-5-12-3-1-2-4-13(12)9-14/h1-10H,11H2,(H,25,26). The van der Waals surface area contributed by atoms with E-state index in [1.165, 1.54) is 0 Å². The lowest BCUT2D eigenvalue weighted by Crippen LogP contribution is -2.21. The summed E-state index contributed by atoms with van der Waals surface area (Å²) in [5.41, 5.74) is -0.924. The van der Waals surface area contributed by atoms with E-state index >= 15 is 0 Å². The van der Waals surface area contributed by atoms with Crippen LogP contribution in [0.4, 0.5) is 18.9 Å². The summed E-state index contributed by atoms with van der Waals surface area (Å²) >= 11 is 5.81. The summed E-state index contributed by atoms with van der Waals surface area (Å²) in [5, 5.41) is 3.92. The molecule has 144 valence electrons. The van der Waals surface area contributed by atoms with Crippen LogP contribution in [0.5, 0.6) is 0 Å². The van der Waals surface area contributed by atoms with E-state index in [-0.39, 0.29) is 16.3 Å². The molecule has 3 aromatic carbocycles. The minimum atomic E-state index is -4.58. The Hall–Kier alpha value is -3.06. The van der Waals surface area contributed by atoms with Gasteiger partial charge < -0.3 is 10.1 Å². The zero-order chi connectivity index (χ0) is 20.3. The zero-order valence-corrected chi connectivity index (χ0v) is 15.0. The average Bonchev–Trinajstić information content (AvgIpc) is 2.66. The molecule has 0 aromatic heterocycles. The molecule has 0 bridgehead atoms. The van der Waals surface area contributed by atoms with Crippen molar-refractivity contribution in [2.75, 3.05) is 11.9 Å². The number of ether oxygens (including phenoxy) is 1. The first-order valence-electron chi connectivity index (χ1n) is 8.06. The summed E-state index contributed by atoms with van der Waals surface area (Å²) < 4.78 is 43.2. The fraction of sp³-hybridized carbons (Fsp3) is 0.100. The molecule has 8 heteroatoms. The summed E-state index contributed by atoms with van der Waals surface area (Å²) in [6.45, 7) is -0.668. The van der Waals surface area contributed by atoms with Crippen LogP contribution in [0.25, 0.3) is 10.8 Å². The van der Waals surface area contributed by atoms with Crippen molar-refractivity contribution in [3.8, 4) is 0 Å². The van der Waals surface area contributed by atoms with Gasteiger partial charge in [-0.2, -0.15) is 13.2 Å². The van der Waals surface area contributed by atoms with E-state index < -0.39 is 30.2 Å². The summed E-state index contributed by atoms with van der Waals surface area (Å²) in [6, 6.07) is 14.9.